The van der Waals surface area contributed by atoms with Crippen molar-refractivity contribution in [3.05, 3.63) is 36.4 Å². The SMILES string of the molecule is Cn1ccnc1-c1cccnc1C(=O)O. The summed E-state index contributed by atoms with van der Waals surface area (Å²) < 4.78 is 1.75. The van der Waals surface area contributed by atoms with Crippen LogP contribution < -0.4 is 0 Å². The number of carboxylic acid groups (broad SMARTS) is 1. The van der Waals surface area contributed by atoms with Crippen LogP contribution in [0.2, 0.25) is 0 Å². The van der Waals surface area contributed by atoms with E-state index in [1.165, 1.54) is 6.20 Å². The molecule has 0 radical (unpaired) electrons. The molecule has 2 heterocycles. The number of pyridine rings is 1. The van der Waals surface area contributed by atoms with E-state index < -0.39 is 5.97 Å². The van der Waals surface area contributed by atoms with Gasteiger partial charge in [-0.2, -0.15) is 0 Å². The Kier molecular flexibility index (Phi) is 2.21. The minimum atomic E-state index is -1.05. The summed E-state index contributed by atoms with van der Waals surface area (Å²) in [5.74, 6) is -0.450. The Morgan fingerprint density at radius 3 is 2.80 bits per heavy atom. The maximum atomic E-state index is 10.9. The van der Waals surface area contributed by atoms with Crippen molar-refractivity contribution >= 4 is 5.97 Å². The van der Waals surface area contributed by atoms with Crippen molar-refractivity contribution in [3.8, 4) is 11.4 Å². The molecule has 5 nitrogen and oxygen atoms in total. The Morgan fingerprint density at radius 2 is 2.20 bits per heavy atom. The fraction of sp³-hybridized carbons (Fsp3) is 0.100. The summed E-state index contributed by atoms with van der Waals surface area (Å²) in [7, 11) is 1.81. The van der Waals surface area contributed by atoms with Crippen LogP contribution in [-0.4, -0.2) is 25.6 Å². The molecule has 0 saturated carbocycles. The van der Waals surface area contributed by atoms with E-state index in [1.807, 2.05) is 0 Å². The third kappa shape index (κ3) is 1.59. The van der Waals surface area contributed by atoms with Crippen molar-refractivity contribution < 1.29 is 9.90 Å². The maximum Gasteiger partial charge on any atom is 0.355 e. The normalized spacial score (nSPS) is 10.2. The fourth-order valence-electron chi connectivity index (χ4n) is 1.38. The summed E-state index contributed by atoms with van der Waals surface area (Å²) in [4.78, 5) is 18.8. The highest BCUT2D eigenvalue weighted by molar-refractivity contribution is 5.92. The summed E-state index contributed by atoms with van der Waals surface area (Å²) in [6.45, 7) is 0. The quantitative estimate of drug-likeness (QED) is 0.795. The predicted octanol–water partition coefficient (Wildman–Crippen LogP) is 1.18. The van der Waals surface area contributed by atoms with Crippen molar-refractivity contribution in [2.75, 3.05) is 0 Å². The first-order chi connectivity index (χ1) is 7.20. The molecule has 5 heteroatoms. The first-order valence-electron chi connectivity index (χ1n) is 4.36. The van der Waals surface area contributed by atoms with Crippen LogP contribution in [0, 0.1) is 0 Å². The lowest BCUT2D eigenvalue weighted by atomic mass is 10.2. The molecule has 0 aromatic carbocycles. The first kappa shape index (κ1) is 9.39. The zero-order valence-corrected chi connectivity index (χ0v) is 8.08. The van der Waals surface area contributed by atoms with E-state index in [0.717, 1.165) is 0 Å². The van der Waals surface area contributed by atoms with Gasteiger partial charge in [-0.05, 0) is 12.1 Å². The first-order valence-corrected chi connectivity index (χ1v) is 4.36. The number of carboxylic acids is 1. The molecule has 2 aromatic heterocycles. The van der Waals surface area contributed by atoms with Crippen LogP contribution in [0.1, 0.15) is 10.5 Å². The van der Waals surface area contributed by atoms with E-state index in [1.54, 1.807) is 36.1 Å². The molecule has 76 valence electrons. The van der Waals surface area contributed by atoms with Gasteiger partial charge in [-0.25, -0.2) is 14.8 Å². The van der Waals surface area contributed by atoms with Crippen molar-refractivity contribution in [2.45, 2.75) is 0 Å². The summed E-state index contributed by atoms with van der Waals surface area (Å²) in [6.07, 6.45) is 4.83. The van der Waals surface area contributed by atoms with Crippen LogP contribution in [0.5, 0.6) is 0 Å². The summed E-state index contributed by atoms with van der Waals surface area (Å²) in [5.41, 5.74) is 0.546. The highest BCUT2D eigenvalue weighted by Gasteiger charge is 2.15. The largest absolute Gasteiger partial charge is 0.476 e. The second-order valence-electron chi connectivity index (χ2n) is 3.07. The lowest BCUT2D eigenvalue weighted by Gasteiger charge is -2.04. The van der Waals surface area contributed by atoms with Crippen LogP contribution in [0.3, 0.4) is 0 Å². The molecule has 0 fully saturated rings. The lowest BCUT2D eigenvalue weighted by Crippen LogP contribution is -2.04. The molecule has 0 atom stereocenters. The molecule has 2 rings (SSSR count). The van der Waals surface area contributed by atoms with Crippen molar-refractivity contribution in [2.24, 2.45) is 7.05 Å². The Labute approximate surface area is 86.0 Å². The van der Waals surface area contributed by atoms with Crippen LogP contribution in [0.15, 0.2) is 30.7 Å². The number of imidazole rings is 1. The number of aryl methyl sites for hydroxylation is 1. The molecule has 0 bridgehead atoms. The molecule has 1 N–H and O–H groups in total. The summed E-state index contributed by atoms with van der Waals surface area (Å²) >= 11 is 0. The number of nitrogens with zero attached hydrogens (tertiary/aromatic N) is 3. The van der Waals surface area contributed by atoms with Gasteiger partial charge in [-0.3, -0.25) is 0 Å². The van der Waals surface area contributed by atoms with Crippen molar-refractivity contribution in [3.63, 3.8) is 0 Å². The molecule has 0 spiro atoms. The van der Waals surface area contributed by atoms with Gasteiger partial charge in [-0.15, -0.1) is 0 Å². The van der Waals surface area contributed by atoms with Gasteiger partial charge >= 0.3 is 5.97 Å². The Bertz CT molecular complexity index is 505. The van der Waals surface area contributed by atoms with Gasteiger partial charge in [0, 0.05) is 25.6 Å². The predicted molar refractivity (Wildman–Crippen MR) is 53.4 cm³/mol. The second kappa shape index (κ2) is 3.53. The number of aromatic carboxylic acids is 1. The minimum Gasteiger partial charge on any atom is -0.476 e. The number of carbonyl (C=O) groups is 1. The van der Waals surface area contributed by atoms with E-state index in [4.69, 9.17) is 5.11 Å². The van der Waals surface area contributed by atoms with Crippen LogP contribution in [-0.2, 0) is 7.05 Å². The molecule has 0 aliphatic rings. The second-order valence-corrected chi connectivity index (χ2v) is 3.07. The molecular formula is C10H9N3O2. The van der Waals surface area contributed by atoms with Gasteiger partial charge in [0.25, 0.3) is 0 Å². The average Bonchev–Trinajstić information content (AvgIpc) is 2.64. The topological polar surface area (TPSA) is 68.0 Å². The number of hydrogen-bond acceptors (Lipinski definition) is 3. The molecule has 0 aliphatic heterocycles. The van der Waals surface area contributed by atoms with E-state index in [2.05, 4.69) is 9.97 Å². The lowest BCUT2D eigenvalue weighted by molar-refractivity contribution is 0.0691. The number of rotatable bonds is 2. The third-order valence-electron chi connectivity index (χ3n) is 2.07. The molecule has 2 aromatic rings. The van der Waals surface area contributed by atoms with E-state index >= 15 is 0 Å². The zero-order valence-electron chi connectivity index (χ0n) is 8.08. The monoisotopic (exact) mass is 203 g/mol. The molecule has 0 aliphatic carbocycles. The fourth-order valence-corrected chi connectivity index (χ4v) is 1.38. The highest BCUT2D eigenvalue weighted by atomic mass is 16.4. The highest BCUT2D eigenvalue weighted by Crippen LogP contribution is 2.19. The maximum absolute atomic E-state index is 10.9. The van der Waals surface area contributed by atoms with Crippen LogP contribution in [0.4, 0.5) is 0 Å². The molecule has 15 heavy (non-hydrogen) atoms. The standard InChI is InChI=1S/C10H9N3O2/c1-13-6-5-12-9(13)7-3-2-4-11-8(7)10(14)15/h2-6H,1H3,(H,14,15). The van der Waals surface area contributed by atoms with Crippen molar-refractivity contribution in [1.29, 1.82) is 0 Å². The number of aromatic nitrogens is 3. The van der Waals surface area contributed by atoms with Crippen molar-refractivity contribution in [1.82, 2.24) is 14.5 Å². The van der Waals surface area contributed by atoms with Gasteiger partial charge in [0.15, 0.2) is 5.69 Å². The zero-order chi connectivity index (χ0) is 10.8. The van der Waals surface area contributed by atoms with E-state index in [-0.39, 0.29) is 5.69 Å². The van der Waals surface area contributed by atoms with Gasteiger partial charge in [0.2, 0.25) is 0 Å². The Hall–Kier alpha value is -2.17. The smallest absolute Gasteiger partial charge is 0.355 e. The Morgan fingerprint density at radius 1 is 1.40 bits per heavy atom. The van der Waals surface area contributed by atoms with E-state index in [0.29, 0.717) is 11.4 Å². The van der Waals surface area contributed by atoms with Gasteiger partial charge in [0.05, 0.1) is 5.56 Å². The van der Waals surface area contributed by atoms with E-state index in [9.17, 15) is 4.79 Å². The van der Waals surface area contributed by atoms with Gasteiger partial charge in [0.1, 0.15) is 5.82 Å². The molecule has 0 amide bonds. The number of hydrogen-bond donors (Lipinski definition) is 1. The average molecular weight is 203 g/mol. The Balaban J connectivity index is 2.63. The van der Waals surface area contributed by atoms with Crippen LogP contribution >= 0.6 is 0 Å². The molecule has 0 unspecified atom stereocenters. The van der Waals surface area contributed by atoms with Gasteiger partial charge in [-0.1, -0.05) is 0 Å². The summed E-state index contributed by atoms with van der Waals surface area (Å²) in [6, 6.07) is 3.38. The molecular weight excluding hydrogens is 194 g/mol. The third-order valence-corrected chi connectivity index (χ3v) is 2.07. The van der Waals surface area contributed by atoms with Crippen LogP contribution in [0.25, 0.3) is 11.4 Å². The minimum absolute atomic E-state index is 0.0202. The van der Waals surface area contributed by atoms with Gasteiger partial charge < -0.3 is 9.67 Å². The summed E-state index contributed by atoms with van der Waals surface area (Å²) in [5, 5.41) is 8.96. The molecule has 0 saturated heterocycles.